The van der Waals surface area contributed by atoms with Crippen molar-refractivity contribution in [3.63, 3.8) is 0 Å². The van der Waals surface area contributed by atoms with Gasteiger partial charge in [-0.15, -0.1) is 4.40 Å². The predicted molar refractivity (Wildman–Crippen MR) is 78.8 cm³/mol. The monoisotopic (exact) mass is 271 g/mol. The lowest BCUT2D eigenvalue weighted by atomic mass is 10.2. The van der Waals surface area contributed by atoms with Gasteiger partial charge >= 0.3 is 0 Å². The van der Waals surface area contributed by atoms with Crippen molar-refractivity contribution in [3.05, 3.63) is 41.6 Å². The van der Waals surface area contributed by atoms with E-state index in [1.807, 2.05) is 12.1 Å². The van der Waals surface area contributed by atoms with E-state index in [0.717, 1.165) is 5.69 Å². The Morgan fingerprint density at radius 2 is 2.00 bits per heavy atom. The molecule has 0 radical (unpaired) electrons. The Morgan fingerprint density at radius 1 is 1.21 bits per heavy atom. The second-order valence-electron chi connectivity index (χ2n) is 4.81. The van der Waals surface area contributed by atoms with Gasteiger partial charge in [-0.1, -0.05) is 11.3 Å². The third kappa shape index (κ3) is 2.08. The lowest BCUT2D eigenvalue weighted by Crippen LogP contribution is -2.23. The zero-order valence-electron chi connectivity index (χ0n) is 11.2. The molecule has 0 saturated carbocycles. The summed E-state index contributed by atoms with van der Waals surface area (Å²) >= 11 is 1.74. The SMILES string of the molecule is CC(=O)Nc1ccc2c(c1)sc1cc(C)cc(C)[n+]12. The molecule has 4 heteroatoms. The van der Waals surface area contributed by atoms with Crippen molar-refractivity contribution in [2.45, 2.75) is 20.8 Å². The Morgan fingerprint density at radius 3 is 2.74 bits per heavy atom. The smallest absolute Gasteiger partial charge is 0.268 e. The summed E-state index contributed by atoms with van der Waals surface area (Å²) in [5.41, 5.74) is 4.54. The van der Waals surface area contributed by atoms with Crippen molar-refractivity contribution < 1.29 is 9.20 Å². The van der Waals surface area contributed by atoms with Crippen LogP contribution in [0.15, 0.2) is 30.3 Å². The maximum absolute atomic E-state index is 11.1. The minimum atomic E-state index is -0.0415. The van der Waals surface area contributed by atoms with Gasteiger partial charge in [0.2, 0.25) is 11.4 Å². The van der Waals surface area contributed by atoms with E-state index >= 15 is 0 Å². The lowest BCUT2D eigenvalue weighted by molar-refractivity contribution is -0.486. The van der Waals surface area contributed by atoms with Crippen LogP contribution in [0.3, 0.4) is 0 Å². The fourth-order valence-corrected chi connectivity index (χ4v) is 3.68. The van der Waals surface area contributed by atoms with Crippen LogP contribution in [0.2, 0.25) is 0 Å². The van der Waals surface area contributed by atoms with Crippen molar-refractivity contribution in [2.24, 2.45) is 0 Å². The zero-order chi connectivity index (χ0) is 13.6. The summed E-state index contributed by atoms with van der Waals surface area (Å²) in [7, 11) is 0. The Labute approximate surface area is 115 Å². The van der Waals surface area contributed by atoms with Crippen LogP contribution in [0.4, 0.5) is 5.69 Å². The molecule has 0 aliphatic carbocycles. The van der Waals surface area contributed by atoms with Gasteiger partial charge in [0, 0.05) is 37.7 Å². The van der Waals surface area contributed by atoms with Crippen molar-refractivity contribution in [2.75, 3.05) is 5.32 Å². The van der Waals surface area contributed by atoms with Crippen LogP contribution in [0.1, 0.15) is 18.2 Å². The summed E-state index contributed by atoms with van der Waals surface area (Å²) in [5.74, 6) is -0.0415. The average molecular weight is 271 g/mol. The quantitative estimate of drug-likeness (QED) is 0.677. The normalized spacial score (nSPS) is 11.1. The van der Waals surface area contributed by atoms with Crippen molar-refractivity contribution >= 4 is 38.0 Å². The molecule has 1 N–H and O–H groups in total. The number of nitrogens with one attached hydrogen (secondary N) is 1. The largest absolute Gasteiger partial charge is 0.326 e. The molecule has 3 aromatic rings. The van der Waals surface area contributed by atoms with Gasteiger partial charge < -0.3 is 5.32 Å². The van der Waals surface area contributed by atoms with Crippen molar-refractivity contribution in [1.82, 2.24) is 0 Å². The lowest BCUT2D eigenvalue weighted by Gasteiger charge is -1.99. The number of amides is 1. The summed E-state index contributed by atoms with van der Waals surface area (Å²) in [6, 6.07) is 10.4. The van der Waals surface area contributed by atoms with E-state index in [9.17, 15) is 4.79 Å². The first-order chi connectivity index (χ1) is 9.04. The molecule has 0 aliphatic rings. The summed E-state index contributed by atoms with van der Waals surface area (Å²) in [4.78, 5) is 12.3. The average Bonchev–Trinajstić information content (AvgIpc) is 2.64. The number of fused-ring (bicyclic) bond motifs is 3. The molecule has 0 unspecified atom stereocenters. The van der Waals surface area contributed by atoms with E-state index in [2.05, 4.69) is 41.8 Å². The van der Waals surface area contributed by atoms with Crippen LogP contribution < -0.4 is 9.72 Å². The minimum absolute atomic E-state index is 0.0415. The second kappa shape index (κ2) is 4.31. The number of nitrogens with zero attached hydrogens (tertiary/aromatic N) is 1. The van der Waals surface area contributed by atoms with Gasteiger partial charge in [-0.25, -0.2) is 0 Å². The van der Waals surface area contributed by atoms with Gasteiger partial charge in [-0.2, -0.15) is 0 Å². The van der Waals surface area contributed by atoms with Gasteiger partial charge in [-0.3, -0.25) is 4.79 Å². The van der Waals surface area contributed by atoms with Crippen molar-refractivity contribution in [1.29, 1.82) is 0 Å². The molecule has 0 aliphatic heterocycles. The highest BCUT2D eigenvalue weighted by Crippen LogP contribution is 2.25. The summed E-state index contributed by atoms with van der Waals surface area (Å²) in [5, 5.41) is 2.83. The maximum Gasteiger partial charge on any atom is 0.268 e. The second-order valence-corrected chi connectivity index (χ2v) is 5.88. The minimum Gasteiger partial charge on any atom is -0.326 e. The first-order valence-corrected chi connectivity index (χ1v) is 6.99. The van der Waals surface area contributed by atoms with Crippen LogP contribution in [0.25, 0.3) is 15.0 Å². The molecule has 3 rings (SSSR count). The van der Waals surface area contributed by atoms with Gasteiger partial charge in [-0.05, 0) is 24.6 Å². The highest BCUT2D eigenvalue weighted by Gasteiger charge is 2.17. The molecule has 2 aromatic heterocycles. The van der Waals surface area contributed by atoms with Crippen LogP contribution >= 0.6 is 11.3 Å². The Balaban J connectivity index is 2.28. The number of aryl methyl sites for hydroxylation is 2. The highest BCUT2D eigenvalue weighted by atomic mass is 32.1. The van der Waals surface area contributed by atoms with Crippen LogP contribution in [-0.2, 0) is 4.79 Å². The first kappa shape index (κ1) is 12.1. The van der Waals surface area contributed by atoms with E-state index < -0.39 is 0 Å². The van der Waals surface area contributed by atoms with Crippen molar-refractivity contribution in [3.8, 4) is 0 Å². The number of hydrogen-bond acceptors (Lipinski definition) is 2. The fraction of sp³-hybridized carbons (Fsp3) is 0.200. The van der Waals surface area contributed by atoms with Gasteiger partial charge in [0.25, 0.3) is 4.83 Å². The van der Waals surface area contributed by atoms with E-state index in [0.29, 0.717) is 0 Å². The Kier molecular flexibility index (Phi) is 2.75. The molecule has 2 heterocycles. The molecular formula is C15H15N2OS+. The molecular weight excluding hydrogens is 256 g/mol. The van der Waals surface area contributed by atoms with E-state index in [4.69, 9.17) is 0 Å². The Hall–Kier alpha value is -1.94. The molecule has 0 bridgehead atoms. The van der Waals surface area contributed by atoms with Gasteiger partial charge in [0.05, 0.1) is 0 Å². The van der Waals surface area contributed by atoms with E-state index in [1.165, 1.54) is 33.2 Å². The highest BCUT2D eigenvalue weighted by molar-refractivity contribution is 7.23. The molecule has 96 valence electrons. The zero-order valence-corrected chi connectivity index (χ0v) is 12.0. The number of anilines is 1. The van der Waals surface area contributed by atoms with Gasteiger partial charge in [0.15, 0.2) is 5.69 Å². The number of hydrogen-bond donors (Lipinski definition) is 1. The van der Waals surface area contributed by atoms with E-state index in [-0.39, 0.29) is 5.91 Å². The molecule has 0 spiro atoms. The molecule has 1 aromatic carbocycles. The van der Waals surface area contributed by atoms with Crippen LogP contribution in [-0.4, -0.2) is 5.91 Å². The summed E-state index contributed by atoms with van der Waals surface area (Å²) < 4.78 is 3.44. The maximum atomic E-state index is 11.1. The number of carbonyl (C=O) groups excluding carboxylic acids is 1. The fourth-order valence-electron chi connectivity index (χ4n) is 2.43. The summed E-state index contributed by atoms with van der Waals surface area (Å²) in [6.45, 7) is 5.76. The predicted octanol–water partition coefficient (Wildman–Crippen LogP) is 3.22. The summed E-state index contributed by atoms with van der Waals surface area (Å²) in [6.07, 6.45) is 0. The molecule has 3 nitrogen and oxygen atoms in total. The number of thiazole rings is 1. The number of carbonyl (C=O) groups is 1. The third-order valence-corrected chi connectivity index (χ3v) is 4.15. The topological polar surface area (TPSA) is 33.2 Å². The number of aromatic nitrogens is 1. The number of pyridine rings is 1. The Bertz CT molecular complexity index is 805. The first-order valence-electron chi connectivity index (χ1n) is 6.18. The number of benzene rings is 1. The van der Waals surface area contributed by atoms with Crippen LogP contribution in [0.5, 0.6) is 0 Å². The van der Waals surface area contributed by atoms with E-state index in [1.54, 1.807) is 11.3 Å². The molecule has 0 atom stereocenters. The third-order valence-electron chi connectivity index (χ3n) is 3.10. The molecule has 19 heavy (non-hydrogen) atoms. The standard InChI is InChI=1S/C15H14N2OS/c1-9-6-10(2)17-13-5-4-12(16-11(3)18)8-14(13)19-15(17)7-9/h4-8H,1-3H3/p+1. The molecule has 0 saturated heterocycles. The molecule has 0 fully saturated rings. The van der Waals surface area contributed by atoms with Crippen LogP contribution in [0, 0.1) is 13.8 Å². The molecule has 1 amide bonds. The number of rotatable bonds is 1. The van der Waals surface area contributed by atoms with Gasteiger partial charge in [0.1, 0.15) is 4.70 Å².